The van der Waals surface area contributed by atoms with Crippen LogP contribution in [0.3, 0.4) is 0 Å². The number of quaternary nitrogens is 1. The summed E-state index contributed by atoms with van der Waals surface area (Å²) in [6, 6.07) is 24.0. The van der Waals surface area contributed by atoms with E-state index in [0.717, 1.165) is 36.2 Å². The van der Waals surface area contributed by atoms with Crippen molar-refractivity contribution in [3.8, 4) is 0 Å². The molecule has 2 N–H and O–H groups in total. The third kappa shape index (κ3) is 5.03. The maximum Gasteiger partial charge on any atom is 0.251 e. The van der Waals surface area contributed by atoms with Gasteiger partial charge in [-0.2, -0.15) is 0 Å². The Labute approximate surface area is 188 Å². The number of fused-ring (bicyclic) bond motifs is 1. The molecule has 0 saturated heterocycles. The fraction of sp³-hybridized carbons (Fsp3) is 0.269. The number of carbonyl (C=O) groups excluding carboxylic acids is 1. The first-order chi connectivity index (χ1) is 15.7. The minimum Gasteiger partial charge on any atom is -0.348 e. The number of para-hydroxylation sites is 1. The van der Waals surface area contributed by atoms with E-state index in [1.165, 1.54) is 16.0 Å². The van der Waals surface area contributed by atoms with Gasteiger partial charge in [-0.05, 0) is 49.2 Å². The predicted octanol–water partition coefficient (Wildman–Crippen LogP) is 2.83. The summed E-state index contributed by atoms with van der Waals surface area (Å²) in [5.74, 6) is -0.0623. The third-order valence-corrected chi connectivity index (χ3v) is 5.97. The second-order valence-electron chi connectivity index (χ2n) is 8.02. The molecule has 0 fully saturated rings. The molecule has 0 spiro atoms. The monoisotopic (exact) mass is 428 g/mol. The molecule has 6 heteroatoms. The second-order valence-corrected chi connectivity index (χ2v) is 8.02. The highest BCUT2D eigenvalue weighted by molar-refractivity contribution is 5.94. The number of carbonyl (C=O) groups is 1. The van der Waals surface area contributed by atoms with Crippen LogP contribution in [0, 0.1) is 0 Å². The molecule has 1 aromatic heterocycles. The summed E-state index contributed by atoms with van der Waals surface area (Å²) in [5, 5.41) is 11.5. The molecular formula is C26H30N5O+. The molecule has 0 aliphatic heterocycles. The zero-order chi connectivity index (χ0) is 22.3. The Hall–Kier alpha value is -3.51. The molecule has 0 saturated carbocycles. The molecule has 0 bridgehead atoms. The van der Waals surface area contributed by atoms with Gasteiger partial charge in [0.05, 0.1) is 25.2 Å². The largest absolute Gasteiger partial charge is 0.348 e. The van der Waals surface area contributed by atoms with E-state index in [2.05, 4.69) is 47.7 Å². The molecule has 164 valence electrons. The Balaban J connectivity index is 1.38. The second kappa shape index (κ2) is 10.2. The zero-order valence-corrected chi connectivity index (χ0v) is 18.7. The summed E-state index contributed by atoms with van der Waals surface area (Å²) in [6.45, 7) is 8.72. The van der Waals surface area contributed by atoms with E-state index in [1.807, 2.05) is 59.3 Å². The number of hydrogen-bond acceptors (Lipinski definition) is 3. The number of nitrogens with zero attached hydrogens (tertiary/aromatic N) is 3. The molecule has 0 atom stereocenters. The van der Waals surface area contributed by atoms with E-state index >= 15 is 0 Å². The summed E-state index contributed by atoms with van der Waals surface area (Å²) < 4.78 is 1.87. The van der Waals surface area contributed by atoms with Crippen molar-refractivity contribution in [3.05, 3.63) is 95.1 Å². The standard InChI is InChI=1S/C26H29N5O/c1-3-30(4-2)19-23-10-6-5-9-22(23)17-27-26(32)21-15-13-20(14-16-21)18-31-25-12-8-7-11-24(25)28-29-31/h5-16H,3-4,17-19H2,1-2H3,(H,27,32)/p+1. The van der Waals surface area contributed by atoms with Crippen LogP contribution in [0.25, 0.3) is 11.0 Å². The van der Waals surface area contributed by atoms with Gasteiger partial charge in [-0.1, -0.05) is 53.7 Å². The van der Waals surface area contributed by atoms with Crippen molar-refractivity contribution >= 4 is 16.9 Å². The average Bonchev–Trinajstić information content (AvgIpc) is 3.25. The lowest BCUT2D eigenvalue weighted by atomic mass is 10.1. The summed E-state index contributed by atoms with van der Waals surface area (Å²) in [4.78, 5) is 14.3. The first-order valence-electron chi connectivity index (χ1n) is 11.2. The van der Waals surface area contributed by atoms with Gasteiger partial charge in [-0.15, -0.1) is 5.10 Å². The van der Waals surface area contributed by atoms with Crippen LogP contribution < -0.4 is 10.2 Å². The molecule has 1 amide bonds. The van der Waals surface area contributed by atoms with Gasteiger partial charge in [0.1, 0.15) is 12.1 Å². The number of benzene rings is 3. The Morgan fingerprint density at radius 1 is 0.906 bits per heavy atom. The summed E-state index contributed by atoms with van der Waals surface area (Å²) in [7, 11) is 0. The molecule has 1 heterocycles. The Morgan fingerprint density at radius 2 is 1.59 bits per heavy atom. The van der Waals surface area contributed by atoms with Gasteiger partial charge in [0.25, 0.3) is 5.91 Å². The quantitative estimate of drug-likeness (QED) is 0.431. The van der Waals surface area contributed by atoms with Gasteiger partial charge in [0, 0.05) is 17.7 Å². The zero-order valence-electron chi connectivity index (χ0n) is 18.7. The van der Waals surface area contributed by atoms with E-state index in [4.69, 9.17) is 0 Å². The molecule has 0 aliphatic carbocycles. The predicted molar refractivity (Wildman–Crippen MR) is 126 cm³/mol. The molecule has 4 rings (SSSR count). The van der Waals surface area contributed by atoms with E-state index in [9.17, 15) is 4.79 Å². The lowest BCUT2D eigenvalue weighted by Crippen LogP contribution is -3.10. The van der Waals surface area contributed by atoms with Crippen LogP contribution in [0.4, 0.5) is 0 Å². The fourth-order valence-corrected chi connectivity index (χ4v) is 3.92. The highest BCUT2D eigenvalue weighted by Crippen LogP contribution is 2.13. The molecule has 3 aromatic carbocycles. The number of amides is 1. The highest BCUT2D eigenvalue weighted by Gasteiger charge is 2.11. The van der Waals surface area contributed by atoms with E-state index < -0.39 is 0 Å². The van der Waals surface area contributed by atoms with Crippen LogP contribution in [-0.4, -0.2) is 34.0 Å². The molecule has 0 radical (unpaired) electrons. The van der Waals surface area contributed by atoms with Crippen molar-refractivity contribution in [2.45, 2.75) is 33.5 Å². The maximum atomic E-state index is 12.7. The van der Waals surface area contributed by atoms with E-state index in [0.29, 0.717) is 18.7 Å². The van der Waals surface area contributed by atoms with Crippen molar-refractivity contribution in [3.63, 3.8) is 0 Å². The average molecular weight is 429 g/mol. The summed E-state index contributed by atoms with van der Waals surface area (Å²) in [5.41, 5.74) is 6.08. The first-order valence-corrected chi connectivity index (χ1v) is 11.2. The molecule has 6 nitrogen and oxygen atoms in total. The van der Waals surface area contributed by atoms with E-state index in [-0.39, 0.29) is 5.91 Å². The highest BCUT2D eigenvalue weighted by atomic mass is 16.1. The normalized spacial score (nSPS) is 11.2. The van der Waals surface area contributed by atoms with Gasteiger partial charge in [-0.3, -0.25) is 4.79 Å². The first kappa shape index (κ1) is 21.7. The van der Waals surface area contributed by atoms with Gasteiger partial charge in [-0.25, -0.2) is 4.68 Å². The molecule has 0 unspecified atom stereocenters. The van der Waals surface area contributed by atoms with Crippen molar-refractivity contribution in [1.82, 2.24) is 20.3 Å². The van der Waals surface area contributed by atoms with Crippen LogP contribution in [0.1, 0.15) is 40.9 Å². The van der Waals surface area contributed by atoms with Gasteiger partial charge in [0.15, 0.2) is 0 Å². The van der Waals surface area contributed by atoms with Crippen LogP contribution in [0.15, 0.2) is 72.8 Å². The molecule has 4 aromatic rings. The van der Waals surface area contributed by atoms with Crippen molar-refractivity contribution in [1.29, 1.82) is 0 Å². The Bertz CT molecular complexity index is 1180. The summed E-state index contributed by atoms with van der Waals surface area (Å²) in [6.07, 6.45) is 0. The Kier molecular flexibility index (Phi) is 6.92. The van der Waals surface area contributed by atoms with Gasteiger partial charge >= 0.3 is 0 Å². The van der Waals surface area contributed by atoms with Gasteiger partial charge < -0.3 is 10.2 Å². The topological polar surface area (TPSA) is 64.2 Å². The molecule has 32 heavy (non-hydrogen) atoms. The number of aromatic nitrogens is 3. The van der Waals surface area contributed by atoms with Crippen molar-refractivity contribution in [2.75, 3.05) is 13.1 Å². The maximum absolute atomic E-state index is 12.7. The lowest BCUT2D eigenvalue weighted by molar-refractivity contribution is -0.910. The van der Waals surface area contributed by atoms with Gasteiger partial charge in [0.2, 0.25) is 0 Å². The van der Waals surface area contributed by atoms with Crippen LogP contribution in [0.5, 0.6) is 0 Å². The SMILES string of the molecule is CC[NH+](CC)Cc1ccccc1CNC(=O)c1ccc(Cn2nnc3ccccc32)cc1. The number of hydrogen-bond donors (Lipinski definition) is 2. The van der Waals surface area contributed by atoms with E-state index in [1.54, 1.807) is 0 Å². The fourth-order valence-electron chi connectivity index (χ4n) is 3.92. The molecular weight excluding hydrogens is 398 g/mol. The van der Waals surface area contributed by atoms with Crippen LogP contribution in [0.2, 0.25) is 0 Å². The third-order valence-electron chi connectivity index (χ3n) is 5.97. The smallest absolute Gasteiger partial charge is 0.251 e. The van der Waals surface area contributed by atoms with Crippen molar-refractivity contribution < 1.29 is 9.69 Å². The minimum atomic E-state index is -0.0623. The number of nitrogens with one attached hydrogen (secondary N) is 2. The minimum absolute atomic E-state index is 0.0623. The number of rotatable bonds is 9. The Morgan fingerprint density at radius 3 is 2.34 bits per heavy atom. The lowest BCUT2D eigenvalue weighted by Gasteiger charge is -2.18. The molecule has 0 aliphatic rings. The summed E-state index contributed by atoms with van der Waals surface area (Å²) >= 11 is 0. The van der Waals surface area contributed by atoms with Crippen LogP contribution in [-0.2, 0) is 19.6 Å². The van der Waals surface area contributed by atoms with Crippen LogP contribution >= 0.6 is 0 Å². The van der Waals surface area contributed by atoms with Crippen molar-refractivity contribution in [2.24, 2.45) is 0 Å².